The van der Waals surface area contributed by atoms with Gasteiger partial charge in [0.25, 0.3) is 7.82 Å². The van der Waals surface area contributed by atoms with E-state index in [0.717, 1.165) is 77.0 Å². The molecule has 0 N–H and O–H groups in total. The van der Waals surface area contributed by atoms with Crippen molar-refractivity contribution in [3.63, 3.8) is 0 Å². The first-order chi connectivity index (χ1) is 36.0. The first-order valence-corrected chi connectivity index (χ1v) is 32.1. The minimum atomic E-state index is -4.64. The van der Waals surface area contributed by atoms with Crippen molar-refractivity contribution in [2.75, 3.05) is 47.5 Å². The Kier molecular flexibility index (Phi) is 53.3. The molecule has 0 saturated carbocycles. The minimum Gasteiger partial charge on any atom is -0.756 e. The Morgan fingerprint density at radius 3 is 1.16 bits per heavy atom. The maximum absolute atomic E-state index is 12.8. The van der Waals surface area contributed by atoms with Gasteiger partial charge in [-0.2, -0.15) is 0 Å². The summed E-state index contributed by atoms with van der Waals surface area (Å²) in [4.78, 5) is 37.9. The molecule has 0 aromatic carbocycles. The Balaban J connectivity index is 4.14. The highest BCUT2D eigenvalue weighted by molar-refractivity contribution is 7.45. The molecule has 0 spiro atoms. The fourth-order valence-electron chi connectivity index (χ4n) is 8.50. The largest absolute Gasteiger partial charge is 0.756 e. The van der Waals surface area contributed by atoms with Gasteiger partial charge in [-0.25, -0.2) is 0 Å². The van der Waals surface area contributed by atoms with Crippen molar-refractivity contribution in [2.24, 2.45) is 0 Å². The van der Waals surface area contributed by atoms with Crippen LogP contribution in [0.5, 0.6) is 0 Å². The van der Waals surface area contributed by atoms with Crippen molar-refractivity contribution in [3.8, 4) is 0 Å². The third-order valence-corrected chi connectivity index (χ3v) is 14.2. The first-order valence-electron chi connectivity index (χ1n) is 30.6. The molecule has 0 fully saturated rings. The Hall–Kier alpha value is -2.55. The number of carbonyl (C=O) groups excluding carboxylic acids is 2. The van der Waals surface area contributed by atoms with Crippen LogP contribution in [0.25, 0.3) is 0 Å². The molecule has 0 heterocycles. The third kappa shape index (κ3) is 58.7. The van der Waals surface area contributed by atoms with E-state index in [2.05, 4.69) is 86.8 Å². The zero-order chi connectivity index (χ0) is 54.2. The maximum Gasteiger partial charge on any atom is 0.306 e. The molecule has 0 radical (unpaired) electrons. The molecular weight excluding hydrogens is 942 g/mol. The Bertz CT molecular complexity index is 1480. The predicted octanol–water partition coefficient (Wildman–Crippen LogP) is 18.6. The van der Waals surface area contributed by atoms with Gasteiger partial charge in [-0.15, -0.1) is 0 Å². The molecule has 74 heavy (non-hydrogen) atoms. The number of ether oxygens (including phenoxy) is 2. The van der Waals surface area contributed by atoms with E-state index in [9.17, 15) is 19.0 Å². The van der Waals surface area contributed by atoms with Gasteiger partial charge in [-0.1, -0.05) is 247 Å². The van der Waals surface area contributed by atoms with Crippen LogP contribution in [0.3, 0.4) is 0 Å². The molecule has 0 aliphatic heterocycles. The average Bonchev–Trinajstić information content (AvgIpc) is 3.36. The molecule has 2 unspecified atom stereocenters. The van der Waals surface area contributed by atoms with Crippen molar-refractivity contribution in [2.45, 2.75) is 277 Å². The monoisotopic (exact) mass is 1060 g/mol. The summed E-state index contributed by atoms with van der Waals surface area (Å²) in [5, 5.41) is 0. The smallest absolute Gasteiger partial charge is 0.306 e. The molecule has 0 aliphatic rings. The van der Waals surface area contributed by atoms with Crippen LogP contribution in [0.4, 0.5) is 0 Å². The fraction of sp³-hybridized carbons (Fsp3) is 0.781. The number of phosphoric ester groups is 1. The summed E-state index contributed by atoms with van der Waals surface area (Å²) < 4.78 is 34.2. The number of quaternary nitrogens is 1. The van der Waals surface area contributed by atoms with E-state index in [0.29, 0.717) is 17.4 Å². The molecule has 0 bridgehead atoms. The Morgan fingerprint density at radius 1 is 0.432 bits per heavy atom. The van der Waals surface area contributed by atoms with E-state index in [4.69, 9.17) is 18.5 Å². The second-order valence-electron chi connectivity index (χ2n) is 21.7. The number of unbranched alkanes of at least 4 members (excludes halogenated alkanes) is 30. The Labute approximate surface area is 457 Å². The van der Waals surface area contributed by atoms with Gasteiger partial charge in [0.05, 0.1) is 27.7 Å². The molecule has 430 valence electrons. The van der Waals surface area contributed by atoms with Crippen LogP contribution in [0.15, 0.2) is 72.9 Å². The van der Waals surface area contributed by atoms with Crippen LogP contribution in [-0.2, 0) is 32.7 Å². The lowest BCUT2D eigenvalue weighted by Gasteiger charge is -2.28. The molecule has 0 rings (SSSR count). The standard InChI is InChI=1S/C64H116NO8P/c1-6-8-10-12-14-16-18-20-22-24-26-28-30-31-32-33-35-37-39-41-43-45-47-49-51-53-55-57-64(67)73-62(61-72-74(68,69)71-59-58-65(3,4)5)60-70-63(66)56-54-52-50-48-46-44-42-40-38-36-34-29-27-25-23-21-19-17-15-13-11-9-7-2/h8,10,14,16,20,22,25-28,31-32,62H,6-7,9,11-13,15,17-19,21,23-24,29-30,33-61H2,1-5H3/b10-8-,16-14-,22-20-,27-25-,28-26-,32-31-. The summed E-state index contributed by atoms with van der Waals surface area (Å²) in [5.41, 5.74) is 0. The SMILES string of the molecule is CC/C=C\C/C=C\C/C=C\C/C=C\C/C=C\CCCCCCCCCCCCCC(=O)OC(COC(=O)CCCCCCCCCCCCC/C=C\CCCCCCCCCC)COP(=O)([O-])OCC[N+](C)(C)C. The highest BCUT2D eigenvalue weighted by Crippen LogP contribution is 2.38. The number of esters is 2. The lowest BCUT2D eigenvalue weighted by Crippen LogP contribution is -2.37. The lowest BCUT2D eigenvalue weighted by atomic mass is 10.0. The van der Waals surface area contributed by atoms with Gasteiger partial charge < -0.3 is 27.9 Å². The summed E-state index contributed by atoms with van der Waals surface area (Å²) in [6.07, 6.45) is 72.3. The van der Waals surface area contributed by atoms with Gasteiger partial charge in [0.2, 0.25) is 0 Å². The normalized spacial score (nSPS) is 13.8. The van der Waals surface area contributed by atoms with Crippen molar-refractivity contribution in [1.82, 2.24) is 0 Å². The third-order valence-electron chi connectivity index (χ3n) is 13.2. The summed E-state index contributed by atoms with van der Waals surface area (Å²) in [6.45, 7) is 4.15. The van der Waals surface area contributed by atoms with Gasteiger partial charge >= 0.3 is 11.9 Å². The number of hydrogen-bond acceptors (Lipinski definition) is 8. The number of rotatable bonds is 56. The molecule has 2 atom stereocenters. The van der Waals surface area contributed by atoms with E-state index in [1.807, 2.05) is 21.1 Å². The molecule has 0 saturated heterocycles. The van der Waals surface area contributed by atoms with E-state index < -0.39 is 26.5 Å². The lowest BCUT2D eigenvalue weighted by molar-refractivity contribution is -0.870. The number of nitrogens with zero attached hydrogens (tertiary/aromatic N) is 1. The van der Waals surface area contributed by atoms with Crippen LogP contribution >= 0.6 is 7.82 Å². The summed E-state index contributed by atoms with van der Waals surface area (Å²) in [6, 6.07) is 0. The zero-order valence-corrected chi connectivity index (χ0v) is 49.7. The maximum atomic E-state index is 12.8. The molecule has 0 aliphatic carbocycles. The fourth-order valence-corrected chi connectivity index (χ4v) is 9.23. The number of likely N-dealkylation sites (N-methyl/N-ethyl adjacent to an activating group) is 1. The number of carbonyl (C=O) groups is 2. The van der Waals surface area contributed by atoms with E-state index in [1.54, 1.807) is 0 Å². The highest BCUT2D eigenvalue weighted by Gasteiger charge is 2.22. The van der Waals surface area contributed by atoms with Crippen molar-refractivity contribution >= 4 is 19.8 Å². The van der Waals surface area contributed by atoms with Gasteiger partial charge in [0.1, 0.15) is 19.8 Å². The van der Waals surface area contributed by atoms with E-state index in [-0.39, 0.29) is 32.0 Å². The number of phosphoric acid groups is 1. The van der Waals surface area contributed by atoms with Gasteiger partial charge in [0.15, 0.2) is 6.10 Å². The minimum absolute atomic E-state index is 0.0333. The van der Waals surface area contributed by atoms with E-state index in [1.165, 1.54) is 161 Å². The van der Waals surface area contributed by atoms with Crippen LogP contribution in [-0.4, -0.2) is 70.0 Å². The molecule has 0 aromatic heterocycles. The van der Waals surface area contributed by atoms with Crippen molar-refractivity contribution < 1.29 is 42.1 Å². The van der Waals surface area contributed by atoms with Crippen LogP contribution < -0.4 is 4.89 Å². The van der Waals surface area contributed by atoms with Crippen molar-refractivity contribution in [1.29, 1.82) is 0 Å². The average molecular weight is 1060 g/mol. The van der Waals surface area contributed by atoms with Crippen LogP contribution in [0, 0.1) is 0 Å². The molecular formula is C64H116NO8P. The Morgan fingerprint density at radius 2 is 0.770 bits per heavy atom. The number of hydrogen-bond donors (Lipinski definition) is 0. The molecule has 0 amide bonds. The van der Waals surface area contributed by atoms with Gasteiger partial charge in [-0.05, 0) is 83.5 Å². The molecule has 0 aromatic rings. The second kappa shape index (κ2) is 55.2. The number of allylic oxidation sites excluding steroid dienone is 12. The first kappa shape index (κ1) is 71.5. The summed E-state index contributed by atoms with van der Waals surface area (Å²) >= 11 is 0. The summed E-state index contributed by atoms with van der Waals surface area (Å²) in [7, 11) is 1.16. The van der Waals surface area contributed by atoms with Crippen molar-refractivity contribution in [3.05, 3.63) is 72.9 Å². The highest BCUT2D eigenvalue weighted by atomic mass is 31.2. The van der Waals surface area contributed by atoms with Gasteiger partial charge in [-0.3, -0.25) is 14.2 Å². The topological polar surface area (TPSA) is 111 Å². The van der Waals surface area contributed by atoms with Crippen LogP contribution in [0.2, 0.25) is 0 Å². The van der Waals surface area contributed by atoms with Crippen LogP contribution in [0.1, 0.15) is 271 Å². The summed E-state index contributed by atoms with van der Waals surface area (Å²) in [5.74, 6) is -0.832. The second-order valence-corrected chi connectivity index (χ2v) is 23.1. The predicted molar refractivity (Wildman–Crippen MR) is 314 cm³/mol. The molecule has 9 nitrogen and oxygen atoms in total. The quantitative estimate of drug-likeness (QED) is 0.0195. The van der Waals surface area contributed by atoms with E-state index >= 15 is 0 Å². The van der Waals surface area contributed by atoms with Gasteiger partial charge in [0, 0.05) is 12.8 Å². The zero-order valence-electron chi connectivity index (χ0n) is 48.8. The molecule has 10 heteroatoms.